The van der Waals surface area contributed by atoms with Gasteiger partial charge in [0.1, 0.15) is 5.01 Å². The number of amides is 1. The number of anilines is 1. The van der Waals surface area contributed by atoms with Gasteiger partial charge in [0.25, 0.3) is 5.91 Å². The van der Waals surface area contributed by atoms with E-state index in [2.05, 4.69) is 15.2 Å². The quantitative estimate of drug-likeness (QED) is 0.572. The highest BCUT2D eigenvalue weighted by molar-refractivity contribution is 8.19. The zero-order valence-corrected chi connectivity index (χ0v) is 18.5. The number of phenolic OH excluding ortho intramolecular Hbond substituents is 1. The van der Waals surface area contributed by atoms with Crippen molar-refractivity contribution in [2.75, 3.05) is 19.1 Å². The van der Waals surface area contributed by atoms with Crippen molar-refractivity contribution in [3.05, 3.63) is 57.9 Å². The summed E-state index contributed by atoms with van der Waals surface area (Å²) >= 11 is 2.58. The Morgan fingerprint density at radius 1 is 1.10 bits per heavy atom. The fourth-order valence-corrected chi connectivity index (χ4v) is 4.51. The summed E-state index contributed by atoms with van der Waals surface area (Å²) in [7, 11) is 2.90. The van der Waals surface area contributed by atoms with Crippen molar-refractivity contribution in [3.63, 3.8) is 0 Å². The van der Waals surface area contributed by atoms with E-state index in [1.807, 2.05) is 37.3 Å². The van der Waals surface area contributed by atoms with Crippen LogP contribution in [0.1, 0.15) is 10.6 Å². The van der Waals surface area contributed by atoms with Crippen LogP contribution in [0, 0.1) is 6.92 Å². The van der Waals surface area contributed by atoms with Crippen LogP contribution in [0.15, 0.2) is 52.4 Å². The molecule has 1 saturated heterocycles. The molecule has 1 amide bonds. The van der Waals surface area contributed by atoms with Crippen molar-refractivity contribution in [2.45, 2.75) is 6.92 Å². The molecule has 0 atom stereocenters. The van der Waals surface area contributed by atoms with E-state index >= 15 is 0 Å². The van der Waals surface area contributed by atoms with E-state index in [-0.39, 0.29) is 23.2 Å². The van der Waals surface area contributed by atoms with Gasteiger partial charge in [0.2, 0.25) is 10.9 Å². The van der Waals surface area contributed by atoms with E-state index < -0.39 is 0 Å². The van der Waals surface area contributed by atoms with E-state index in [4.69, 9.17) is 9.47 Å². The summed E-state index contributed by atoms with van der Waals surface area (Å²) < 4.78 is 10.4. The van der Waals surface area contributed by atoms with Gasteiger partial charge in [-0.15, -0.1) is 10.2 Å². The number of amidine groups is 1. The number of rotatable bonds is 5. The lowest BCUT2D eigenvalue weighted by atomic mass is 10.1. The van der Waals surface area contributed by atoms with Crippen molar-refractivity contribution in [1.29, 1.82) is 0 Å². The summed E-state index contributed by atoms with van der Waals surface area (Å²) in [5.41, 5.74) is 1.34. The van der Waals surface area contributed by atoms with E-state index in [0.29, 0.717) is 26.5 Å². The number of thioether (sulfide) groups is 1. The molecule has 1 aliphatic rings. The van der Waals surface area contributed by atoms with Crippen molar-refractivity contribution in [3.8, 4) is 17.2 Å². The third kappa shape index (κ3) is 4.25. The van der Waals surface area contributed by atoms with Gasteiger partial charge in [-0.1, -0.05) is 29.5 Å². The SMILES string of the molecule is COc1cc(/C=C2\S/C(=N/c3nnc(C)s3)N(c3ccccc3)C2=O)cc(OC)c1O. The van der Waals surface area contributed by atoms with E-state index in [1.165, 1.54) is 37.3 Å². The molecule has 0 saturated carbocycles. The molecule has 1 N–H and O–H groups in total. The van der Waals surface area contributed by atoms with Crippen LogP contribution >= 0.6 is 23.1 Å². The summed E-state index contributed by atoms with van der Waals surface area (Å²) in [5, 5.41) is 19.9. The number of aryl methyl sites for hydroxylation is 1. The fourth-order valence-electron chi connectivity index (χ4n) is 2.92. The van der Waals surface area contributed by atoms with Crippen molar-refractivity contribution >= 4 is 51.1 Å². The molecule has 10 heteroatoms. The second kappa shape index (κ2) is 8.78. The lowest BCUT2D eigenvalue weighted by molar-refractivity contribution is -0.113. The van der Waals surface area contributed by atoms with Gasteiger partial charge < -0.3 is 14.6 Å². The first kappa shape index (κ1) is 20.9. The highest BCUT2D eigenvalue weighted by Gasteiger charge is 2.35. The second-order valence-corrected chi connectivity index (χ2v) is 8.53. The highest BCUT2D eigenvalue weighted by atomic mass is 32.2. The third-order valence-corrected chi connectivity index (χ3v) is 6.03. The predicted molar refractivity (Wildman–Crippen MR) is 122 cm³/mol. The van der Waals surface area contributed by atoms with Gasteiger partial charge in [-0.2, -0.15) is 4.99 Å². The summed E-state index contributed by atoms with van der Waals surface area (Å²) in [4.78, 5) is 19.9. The van der Waals surface area contributed by atoms with Crippen molar-refractivity contribution < 1.29 is 19.4 Å². The van der Waals surface area contributed by atoms with Gasteiger partial charge in [0.15, 0.2) is 16.7 Å². The lowest BCUT2D eigenvalue weighted by Crippen LogP contribution is -2.28. The number of aromatic hydroxyl groups is 1. The summed E-state index contributed by atoms with van der Waals surface area (Å²) in [6, 6.07) is 12.6. The number of benzene rings is 2. The van der Waals surface area contributed by atoms with Crippen LogP contribution in [-0.4, -0.2) is 40.6 Å². The molecule has 1 aliphatic heterocycles. The molecular weight excluding hydrogens is 436 g/mol. The van der Waals surface area contributed by atoms with Gasteiger partial charge in [-0.05, 0) is 54.6 Å². The average Bonchev–Trinajstić information content (AvgIpc) is 3.32. The Hall–Kier alpha value is -3.37. The molecule has 0 radical (unpaired) electrons. The zero-order valence-electron chi connectivity index (χ0n) is 16.9. The minimum Gasteiger partial charge on any atom is -0.502 e. The fraction of sp³-hybridized carbons (Fsp3) is 0.143. The number of ether oxygens (including phenoxy) is 2. The first-order valence-electron chi connectivity index (χ1n) is 9.13. The molecule has 1 aromatic heterocycles. The van der Waals surface area contributed by atoms with Crippen LogP contribution in [0.3, 0.4) is 0 Å². The van der Waals surface area contributed by atoms with Crippen LogP contribution in [-0.2, 0) is 4.79 Å². The number of carbonyl (C=O) groups is 1. The topological polar surface area (TPSA) is 97.1 Å². The molecule has 0 unspecified atom stereocenters. The Morgan fingerprint density at radius 2 is 1.77 bits per heavy atom. The maximum atomic E-state index is 13.3. The Balaban J connectivity index is 1.78. The monoisotopic (exact) mass is 454 g/mol. The van der Waals surface area contributed by atoms with Gasteiger partial charge in [-0.3, -0.25) is 9.69 Å². The van der Waals surface area contributed by atoms with Crippen LogP contribution in [0.5, 0.6) is 17.2 Å². The van der Waals surface area contributed by atoms with Crippen molar-refractivity contribution in [2.24, 2.45) is 4.99 Å². The van der Waals surface area contributed by atoms with Gasteiger partial charge in [0, 0.05) is 0 Å². The van der Waals surface area contributed by atoms with E-state index in [1.54, 1.807) is 23.1 Å². The van der Waals surface area contributed by atoms with Gasteiger partial charge in [0.05, 0.1) is 24.8 Å². The van der Waals surface area contributed by atoms with Gasteiger partial charge >= 0.3 is 0 Å². The highest BCUT2D eigenvalue weighted by Crippen LogP contribution is 2.41. The molecule has 31 heavy (non-hydrogen) atoms. The first-order chi connectivity index (χ1) is 15.0. The minimum atomic E-state index is -0.220. The molecule has 8 nitrogen and oxygen atoms in total. The van der Waals surface area contributed by atoms with Crippen LogP contribution in [0.2, 0.25) is 0 Å². The predicted octanol–water partition coefficient (Wildman–Crippen LogP) is 4.38. The lowest BCUT2D eigenvalue weighted by Gasteiger charge is -2.14. The second-order valence-electron chi connectivity index (χ2n) is 6.36. The average molecular weight is 455 g/mol. The molecule has 0 aliphatic carbocycles. The number of aliphatic imine (C=N–C) groups is 1. The molecule has 2 aromatic carbocycles. The number of methoxy groups -OCH3 is 2. The summed E-state index contributed by atoms with van der Waals surface area (Å²) in [6.45, 7) is 1.85. The van der Waals surface area contributed by atoms with Crippen LogP contribution in [0.25, 0.3) is 6.08 Å². The number of hydrogen-bond donors (Lipinski definition) is 1. The number of nitrogens with zero attached hydrogens (tertiary/aromatic N) is 4. The Morgan fingerprint density at radius 3 is 2.35 bits per heavy atom. The molecule has 2 heterocycles. The normalized spacial score (nSPS) is 16.4. The molecule has 0 spiro atoms. The number of carbonyl (C=O) groups excluding carboxylic acids is 1. The van der Waals surface area contributed by atoms with Crippen molar-refractivity contribution in [1.82, 2.24) is 10.2 Å². The van der Waals surface area contributed by atoms with E-state index in [0.717, 1.165) is 5.01 Å². The zero-order chi connectivity index (χ0) is 22.0. The Labute approximate surface area is 186 Å². The number of hydrogen-bond acceptors (Lipinski definition) is 9. The third-order valence-electron chi connectivity index (χ3n) is 4.33. The largest absolute Gasteiger partial charge is 0.502 e. The Kier molecular flexibility index (Phi) is 5.92. The molecule has 158 valence electrons. The molecular formula is C21H18N4O4S2. The maximum absolute atomic E-state index is 13.3. The summed E-state index contributed by atoms with van der Waals surface area (Å²) in [6.07, 6.45) is 1.71. The smallest absolute Gasteiger partial charge is 0.271 e. The minimum absolute atomic E-state index is 0.0997. The number of phenols is 1. The number of aromatic nitrogens is 2. The standard InChI is InChI=1S/C21H18N4O4S2/c1-12-23-24-20(30-12)22-21-25(14-7-5-4-6-8-14)19(27)17(31-21)11-13-9-15(28-2)18(26)16(10-13)29-3/h4-11,26H,1-3H3/b17-11-,22-21+. The van der Waals surface area contributed by atoms with Gasteiger partial charge in [-0.25, -0.2) is 0 Å². The molecule has 1 fully saturated rings. The molecule has 3 aromatic rings. The molecule has 4 rings (SSSR count). The number of para-hydroxylation sites is 1. The first-order valence-corrected chi connectivity index (χ1v) is 10.8. The Bertz CT molecular complexity index is 1170. The van der Waals surface area contributed by atoms with E-state index in [9.17, 15) is 9.90 Å². The maximum Gasteiger partial charge on any atom is 0.271 e. The molecule has 0 bridgehead atoms. The van der Waals surface area contributed by atoms with Crippen LogP contribution in [0.4, 0.5) is 10.8 Å². The van der Waals surface area contributed by atoms with Crippen LogP contribution < -0.4 is 14.4 Å². The summed E-state index contributed by atoms with van der Waals surface area (Å²) in [5.74, 6) is 0.180.